The molecule has 0 atom stereocenters. The Kier molecular flexibility index (Phi) is 3.43. The van der Waals surface area contributed by atoms with Crippen molar-refractivity contribution in [3.8, 4) is 0 Å². The fourth-order valence-corrected chi connectivity index (χ4v) is 1.47. The molecule has 0 spiro atoms. The molecule has 0 fully saturated rings. The van der Waals surface area contributed by atoms with Crippen LogP contribution in [-0.4, -0.2) is 0 Å². The molecule has 0 aromatic heterocycles. The summed E-state index contributed by atoms with van der Waals surface area (Å²) in [4.78, 5) is 0. The predicted molar refractivity (Wildman–Crippen MR) is 50.4 cm³/mol. The summed E-state index contributed by atoms with van der Waals surface area (Å²) in [7, 11) is 0. The lowest BCUT2D eigenvalue weighted by atomic mass is 10.1. The fraction of sp³-hybridized carbons (Fsp3) is 0.400. The van der Waals surface area contributed by atoms with Gasteiger partial charge in [0.1, 0.15) is 0 Å². The molecule has 0 heterocycles. The molecule has 0 amide bonds. The zero-order chi connectivity index (χ0) is 10.8. The molecule has 78 valence electrons. The second kappa shape index (κ2) is 4.22. The van der Waals surface area contributed by atoms with E-state index in [1.54, 1.807) is 0 Å². The third-order valence-electron chi connectivity index (χ3n) is 1.90. The van der Waals surface area contributed by atoms with Crippen molar-refractivity contribution in [3.05, 3.63) is 34.3 Å². The van der Waals surface area contributed by atoms with Crippen LogP contribution in [0.5, 0.6) is 0 Å². The Hall–Kier alpha value is -0.700. The van der Waals surface area contributed by atoms with Crippen LogP contribution in [0.2, 0.25) is 5.02 Å². The molecule has 0 aliphatic carbocycles. The minimum Gasteiger partial charge on any atom is -0.166 e. The maximum atomic E-state index is 12.2. The molecule has 1 aromatic rings. The molecule has 0 aliphatic heterocycles. The van der Waals surface area contributed by atoms with Gasteiger partial charge in [-0.05, 0) is 24.1 Å². The lowest BCUT2D eigenvalue weighted by Gasteiger charge is -2.09. The number of halogens is 4. The topological polar surface area (TPSA) is 0 Å². The van der Waals surface area contributed by atoms with Crippen molar-refractivity contribution in [1.82, 2.24) is 0 Å². The van der Waals surface area contributed by atoms with E-state index in [0.717, 1.165) is 24.1 Å². The Balaban J connectivity index is 3.01. The Bertz CT molecular complexity index is 318. The first kappa shape index (κ1) is 11.4. The van der Waals surface area contributed by atoms with Crippen molar-refractivity contribution >= 4 is 11.6 Å². The Labute approximate surface area is 85.7 Å². The van der Waals surface area contributed by atoms with E-state index in [0.29, 0.717) is 6.42 Å². The first-order valence-electron chi connectivity index (χ1n) is 4.30. The average molecular weight is 223 g/mol. The van der Waals surface area contributed by atoms with E-state index in [9.17, 15) is 13.2 Å². The fourth-order valence-electron chi connectivity index (χ4n) is 1.20. The van der Waals surface area contributed by atoms with Gasteiger partial charge in [0.05, 0.1) is 5.56 Å². The number of benzene rings is 1. The first-order chi connectivity index (χ1) is 6.45. The molecule has 0 unspecified atom stereocenters. The number of aryl methyl sites for hydroxylation is 1. The van der Waals surface area contributed by atoms with Crippen LogP contribution in [0.1, 0.15) is 24.5 Å². The van der Waals surface area contributed by atoms with Crippen molar-refractivity contribution in [2.24, 2.45) is 0 Å². The Morgan fingerprint density at radius 1 is 1.29 bits per heavy atom. The second-order valence-electron chi connectivity index (χ2n) is 3.05. The van der Waals surface area contributed by atoms with Crippen LogP contribution in [0.25, 0.3) is 0 Å². The van der Waals surface area contributed by atoms with E-state index in [1.807, 2.05) is 6.92 Å². The molecular weight excluding hydrogens is 213 g/mol. The first-order valence-corrected chi connectivity index (χ1v) is 4.68. The van der Waals surface area contributed by atoms with Crippen molar-refractivity contribution in [2.75, 3.05) is 0 Å². The highest BCUT2D eigenvalue weighted by atomic mass is 35.5. The van der Waals surface area contributed by atoms with E-state index in [2.05, 4.69) is 0 Å². The van der Waals surface area contributed by atoms with Crippen LogP contribution >= 0.6 is 11.6 Å². The minimum absolute atomic E-state index is 0.196. The van der Waals surface area contributed by atoms with E-state index >= 15 is 0 Å². The van der Waals surface area contributed by atoms with Gasteiger partial charge in [-0.25, -0.2) is 0 Å². The van der Waals surface area contributed by atoms with Crippen LogP contribution in [0.3, 0.4) is 0 Å². The number of alkyl halides is 3. The second-order valence-corrected chi connectivity index (χ2v) is 3.46. The summed E-state index contributed by atoms with van der Waals surface area (Å²) in [5, 5.41) is 0.196. The molecule has 0 radical (unpaired) electrons. The zero-order valence-corrected chi connectivity index (χ0v) is 8.41. The van der Waals surface area contributed by atoms with Gasteiger partial charge < -0.3 is 0 Å². The van der Waals surface area contributed by atoms with Crippen LogP contribution in [-0.2, 0) is 12.6 Å². The average Bonchev–Trinajstić information content (AvgIpc) is 2.07. The van der Waals surface area contributed by atoms with Gasteiger partial charge in [-0.15, -0.1) is 0 Å². The highest BCUT2D eigenvalue weighted by Crippen LogP contribution is 2.32. The smallest absolute Gasteiger partial charge is 0.166 e. The molecule has 14 heavy (non-hydrogen) atoms. The summed E-state index contributed by atoms with van der Waals surface area (Å²) in [6.07, 6.45) is -2.74. The molecule has 0 aliphatic rings. The lowest BCUT2D eigenvalue weighted by Crippen LogP contribution is -2.05. The van der Waals surface area contributed by atoms with E-state index in [-0.39, 0.29) is 5.02 Å². The van der Waals surface area contributed by atoms with Gasteiger partial charge in [-0.2, -0.15) is 13.2 Å². The highest BCUT2D eigenvalue weighted by Gasteiger charge is 2.30. The van der Waals surface area contributed by atoms with Gasteiger partial charge >= 0.3 is 6.18 Å². The summed E-state index contributed by atoms with van der Waals surface area (Å²) >= 11 is 5.71. The SMILES string of the molecule is CCCc1ccc(C(F)(F)F)cc1Cl. The molecule has 0 nitrogen and oxygen atoms in total. The van der Waals surface area contributed by atoms with Crippen LogP contribution in [0.4, 0.5) is 13.2 Å². The summed E-state index contributed by atoms with van der Waals surface area (Å²) in [6, 6.07) is 3.48. The van der Waals surface area contributed by atoms with Gasteiger partial charge in [0.25, 0.3) is 0 Å². The number of rotatable bonds is 2. The van der Waals surface area contributed by atoms with Crippen molar-refractivity contribution < 1.29 is 13.2 Å². The van der Waals surface area contributed by atoms with Crippen LogP contribution < -0.4 is 0 Å². The third kappa shape index (κ3) is 2.64. The largest absolute Gasteiger partial charge is 0.416 e. The quantitative estimate of drug-likeness (QED) is 0.700. The summed E-state index contributed by atoms with van der Waals surface area (Å²) < 4.78 is 36.7. The molecule has 0 N–H and O–H groups in total. The molecule has 4 heteroatoms. The maximum Gasteiger partial charge on any atom is 0.416 e. The summed E-state index contributed by atoms with van der Waals surface area (Å²) in [6.45, 7) is 1.95. The van der Waals surface area contributed by atoms with Crippen molar-refractivity contribution in [1.29, 1.82) is 0 Å². The highest BCUT2D eigenvalue weighted by molar-refractivity contribution is 6.31. The maximum absolute atomic E-state index is 12.2. The molecular formula is C10H10ClF3. The zero-order valence-electron chi connectivity index (χ0n) is 7.66. The van der Waals surface area contributed by atoms with Crippen LogP contribution in [0.15, 0.2) is 18.2 Å². The predicted octanol–water partition coefficient (Wildman–Crippen LogP) is 4.31. The monoisotopic (exact) mass is 222 g/mol. The van der Waals surface area contributed by atoms with Crippen molar-refractivity contribution in [3.63, 3.8) is 0 Å². The Morgan fingerprint density at radius 2 is 1.93 bits per heavy atom. The van der Waals surface area contributed by atoms with E-state index < -0.39 is 11.7 Å². The molecule has 0 saturated heterocycles. The summed E-state index contributed by atoms with van der Waals surface area (Å²) in [5.74, 6) is 0. The van der Waals surface area contributed by atoms with Crippen molar-refractivity contribution in [2.45, 2.75) is 25.9 Å². The number of hydrogen-bond acceptors (Lipinski definition) is 0. The van der Waals surface area contributed by atoms with E-state index in [1.165, 1.54) is 6.07 Å². The van der Waals surface area contributed by atoms with Gasteiger partial charge in [0.2, 0.25) is 0 Å². The molecule has 0 saturated carbocycles. The molecule has 1 rings (SSSR count). The standard InChI is InChI=1S/C10H10ClF3/c1-2-3-7-4-5-8(6-9(7)11)10(12,13)14/h4-6H,2-3H2,1H3. The van der Waals surface area contributed by atoms with E-state index in [4.69, 9.17) is 11.6 Å². The van der Waals surface area contributed by atoms with Gasteiger partial charge in [0.15, 0.2) is 0 Å². The third-order valence-corrected chi connectivity index (χ3v) is 2.25. The van der Waals surface area contributed by atoms with Gasteiger partial charge in [-0.1, -0.05) is 31.0 Å². The Morgan fingerprint density at radius 3 is 2.36 bits per heavy atom. The minimum atomic E-state index is -4.31. The summed E-state index contributed by atoms with van der Waals surface area (Å²) in [5.41, 5.74) is 0.0736. The van der Waals surface area contributed by atoms with Gasteiger partial charge in [0, 0.05) is 5.02 Å². The lowest BCUT2D eigenvalue weighted by molar-refractivity contribution is -0.137. The van der Waals surface area contributed by atoms with Gasteiger partial charge in [-0.3, -0.25) is 0 Å². The molecule has 0 bridgehead atoms. The number of hydrogen-bond donors (Lipinski definition) is 0. The van der Waals surface area contributed by atoms with Crippen LogP contribution in [0, 0.1) is 0 Å². The normalized spacial score (nSPS) is 11.8. The molecule has 1 aromatic carbocycles.